The number of rotatable bonds is 10. The smallest absolute Gasteiger partial charge is 0.272 e. The Bertz CT molecular complexity index is 1060. The SMILES string of the molecule is CN(CCOc1ccccc1F)C(=O)c1cccc(C(=O)N(C)CCOc2ccccc2F)n1. The number of para-hydroxylation sites is 2. The van der Waals surface area contributed by atoms with Crippen molar-refractivity contribution in [1.82, 2.24) is 14.8 Å². The number of amides is 2. The first-order chi connectivity index (χ1) is 16.4. The summed E-state index contributed by atoms with van der Waals surface area (Å²) >= 11 is 0. The van der Waals surface area contributed by atoms with Gasteiger partial charge in [-0.1, -0.05) is 30.3 Å². The van der Waals surface area contributed by atoms with Crippen LogP contribution in [0.2, 0.25) is 0 Å². The Labute approximate surface area is 196 Å². The summed E-state index contributed by atoms with van der Waals surface area (Å²) in [6.45, 7) is 0.569. The second kappa shape index (κ2) is 11.7. The van der Waals surface area contributed by atoms with Gasteiger partial charge in [0, 0.05) is 14.1 Å². The number of nitrogens with zero attached hydrogens (tertiary/aromatic N) is 3. The first-order valence-corrected chi connectivity index (χ1v) is 10.6. The van der Waals surface area contributed by atoms with Gasteiger partial charge in [-0.25, -0.2) is 13.8 Å². The summed E-state index contributed by atoms with van der Waals surface area (Å²) in [5.74, 6) is -1.55. The topological polar surface area (TPSA) is 72.0 Å². The molecule has 0 fully saturated rings. The first kappa shape index (κ1) is 24.6. The molecule has 9 heteroatoms. The van der Waals surface area contributed by atoms with Crippen LogP contribution in [0.25, 0.3) is 0 Å². The van der Waals surface area contributed by atoms with E-state index in [1.54, 1.807) is 44.4 Å². The average Bonchev–Trinajstić information content (AvgIpc) is 2.85. The van der Waals surface area contributed by atoms with Gasteiger partial charge >= 0.3 is 0 Å². The lowest BCUT2D eigenvalue weighted by Crippen LogP contribution is -2.33. The summed E-state index contributed by atoms with van der Waals surface area (Å²) in [6, 6.07) is 16.6. The number of carbonyl (C=O) groups excluding carboxylic acids is 2. The summed E-state index contributed by atoms with van der Waals surface area (Å²) in [5.41, 5.74) is 0.186. The van der Waals surface area contributed by atoms with Crippen LogP contribution >= 0.6 is 0 Å². The van der Waals surface area contributed by atoms with E-state index in [4.69, 9.17) is 9.47 Å². The molecule has 2 amide bonds. The van der Waals surface area contributed by atoms with Crippen molar-refractivity contribution in [2.45, 2.75) is 0 Å². The maximum Gasteiger partial charge on any atom is 0.272 e. The number of hydrogen-bond acceptors (Lipinski definition) is 5. The maximum absolute atomic E-state index is 13.6. The second-order valence-electron chi connectivity index (χ2n) is 7.42. The Morgan fingerprint density at radius 3 is 1.53 bits per heavy atom. The van der Waals surface area contributed by atoms with Gasteiger partial charge in [-0.3, -0.25) is 9.59 Å². The maximum atomic E-state index is 13.6. The van der Waals surface area contributed by atoms with E-state index >= 15 is 0 Å². The average molecular weight is 469 g/mol. The Hall–Kier alpha value is -4.01. The largest absolute Gasteiger partial charge is 0.489 e. The Balaban J connectivity index is 1.52. The molecule has 0 N–H and O–H groups in total. The highest BCUT2D eigenvalue weighted by molar-refractivity contribution is 5.96. The highest BCUT2D eigenvalue weighted by atomic mass is 19.1. The van der Waals surface area contributed by atoms with E-state index in [-0.39, 0.29) is 49.2 Å². The number of ether oxygens (including phenoxy) is 2. The van der Waals surface area contributed by atoms with E-state index in [2.05, 4.69) is 4.98 Å². The summed E-state index contributed by atoms with van der Waals surface area (Å²) in [5, 5.41) is 0. The number of likely N-dealkylation sites (N-methyl/N-ethyl adjacent to an activating group) is 2. The lowest BCUT2D eigenvalue weighted by atomic mass is 10.2. The third-order valence-corrected chi connectivity index (χ3v) is 4.92. The minimum absolute atomic E-state index is 0.0898. The summed E-state index contributed by atoms with van der Waals surface area (Å²) in [7, 11) is 3.13. The molecule has 7 nitrogen and oxygen atoms in total. The van der Waals surface area contributed by atoms with Crippen LogP contribution in [0.4, 0.5) is 8.78 Å². The molecule has 3 aromatic rings. The molecule has 0 atom stereocenters. The minimum Gasteiger partial charge on any atom is -0.489 e. The van der Waals surface area contributed by atoms with Crippen molar-refractivity contribution in [3.63, 3.8) is 0 Å². The quantitative estimate of drug-likeness (QED) is 0.453. The number of hydrogen-bond donors (Lipinski definition) is 0. The zero-order valence-electron chi connectivity index (χ0n) is 18.9. The van der Waals surface area contributed by atoms with Crippen LogP contribution in [0.3, 0.4) is 0 Å². The standard InChI is InChI=1S/C25H25F2N3O4/c1-29(14-16-33-22-12-5-3-8-18(22)26)24(31)20-10-7-11-21(28-20)25(32)30(2)15-17-34-23-13-6-4-9-19(23)27/h3-13H,14-17H2,1-2H3. The highest BCUT2D eigenvalue weighted by Crippen LogP contribution is 2.16. The Morgan fingerprint density at radius 2 is 1.12 bits per heavy atom. The number of benzene rings is 2. The van der Waals surface area contributed by atoms with Crippen LogP contribution < -0.4 is 9.47 Å². The van der Waals surface area contributed by atoms with Crippen molar-refractivity contribution in [2.75, 3.05) is 40.4 Å². The van der Waals surface area contributed by atoms with Gasteiger partial charge in [0.1, 0.15) is 24.6 Å². The van der Waals surface area contributed by atoms with Gasteiger partial charge in [-0.15, -0.1) is 0 Å². The van der Waals surface area contributed by atoms with Gasteiger partial charge in [0.2, 0.25) is 0 Å². The number of pyridine rings is 1. The van der Waals surface area contributed by atoms with Gasteiger partial charge in [0.25, 0.3) is 11.8 Å². The molecule has 0 radical (unpaired) electrons. The molecule has 0 aliphatic rings. The zero-order chi connectivity index (χ0) is 24.5. The lowest BCUT2D eigenvalue weighted by molar-refractivity contribution is 0.0759. The van der Waals surface area contributed by atoms with Crippen molar-refractivity contribution in [2.24, 2.45) is 0 Å². The van der Waals surface area contributed by atoms with Crippen molar-refractivity contribution < 1.29 is 27.8 Å². The molecule has 0 unspecified atom stereocenters. The number of aromatic nitrogens is 1. The number of halogens is 2. The molecule has 178 valence electrons. The van der Waals surface area contributed by atoms with Crippen molar-refractivity contribution in [3.05, 3.63) is 89.8 Å². The van der Waals surface area contributed by atoms with Crippen LogP contribution in [0, 0.1) is 11.6 Å². The summed E-state index contributed by atoms with van der Waals surface area (Å²) < 4.78 is 38.0. The Morgan fingerprint density at radius 1 is 0.706 bits per heavy atom. The van der Waals surface area contributed by atoms with E-state index in [0.717, 1.165) is 0 Å². The Kier molecular flexibility index (Phi) is 8.50. The van der Waals surface area contributed by atoms with Gasteiger partial charge in [0.15, 0.2) is 23.1 Å². The van der Waals surface area contributed by atoms with E-state index in [0.29, 0.717) is 0 Å². The molecule has 0 saturated carbocycles. The highest BCUT2D eigenvalue weighted by Gasteiger charge is 2.18. The summed E-state index contributed by atoms with van der Waals surface area (Å²) in [6.07, 6.45) is 0. The van der Waals surface area contributed by atoms with Crippen molar-refractivity contribution in [1.29, 1.82) is 0 Å². The third-order valence-electron chi connectivity index (χ3n) is 4.92. The number of carbonyl (C=O) groups is 2. The molecule has 34 heavy (non-hydrogen) atoms. The van der Waals surface area contributed by atoms with Crippen LogP contribution in [-0.2, 0) is 0 Å². The van der Waals surface area contributed by atoms with Gasteiger partial charge < -0.3 is 19.3 Å². The second-order valence-corrected chi connectivity index (χ2v) is 7.42. The van der Waals surface area contributed by atoms with Gasteiger partial charge in [-0.05, 0) is 36.4 Å². The third kappa shape index (κ3) is 6.50. The summed E-state index contributed by atoms with van der Waals surface area (Å²) in [4.78, 5) is 32.4. The zero-order valence-corrected chi connectivity index (χ0v) is 18.9. The van der Waals surface area contributed by atoms with E-state index < -0.39 is 23.4 Å². The van der Waals surface area contributed by atoms with Crippen LogP contribution in [0.5, 0.6) is 11.5 Å². The fourth-order valence-corrected chi connectivity index (χ4v) is 2.98. The van der Waals surface area contributed by atoms with E-state index in [1.807, 2.05) is 0 Å². The van der Waals surface area contributed by atoms with Crippen LogP contribution in [-0.4, -0.2) is 67.0 Å². The van der Waals surface area contributed by atoms with Crippen LogP contribution in [0.1, 0.15) is 21.0 Å². The molecule has 0 aliphatic carbocycles. The fourth-order valence-electron chi connectivity index (χ4n) is 2.98. The molecule has 3 rings (SSSR count). The molecule has 1 aromatic heterocycles. The molecule has 2 aromatic carbocycles. The molecule has 0 spiro atoms. The fraction of sp³-hybridized carbons (Fsp3) is 0.240. The normalized spacial score (nSPS) is 10.5. The molecular weight excluding hydrogens is 444 g/mol. The molecule has 1 heterocycles. The molecule has 0 aliphatic heterocycles. The molecular formula is C25H25F2N3O4. The van der Waals surface area contributed by atoms with Gasteiger partial charge in [0.05, 0.1) is 13.1 Å². The van der Waals surface area contributed by atoms with E-state index in [1.165, 1.54) is 46.2 Å². The molecule has 0 saturated heterocycles. The predicted octanol–water partition coefficient (Wildman–Crippen LogP) is 3.66. The first-order valence-electron chi connectivity index (χ1n) is 10.6. The van der Waals surface area contributed by atoms with E-state index in [9.17, 15) is 18.4 Å². The van der Waals surface area contributed by atoms with Crippen molar-refractivity contribution in [3.8, 4) is 11.5 Å². The monoisotopic (exact) mass is 469 g/mol. The van der Waals surface area contributed by atoms with Crippen LogP contribution in [0.15, 0.2) is 66.7 Å². The predicted molar refractivity (Wildman–Crippen MR) is 122 cm³/mol. The van der Waals surface area contributed by atoms with Crippen molar-refractivity contribution >= 4 is 11.8 Å². The van der Waals surface area contributed by atoms with Gasteiger partial charge in [-0.2, -0.15) is 0 Å². The minimum atomic E-state index is -0.479. The lowest BCUT2D eigenvalue weighted by Gasteiger charge is -2.19. The molecule has 0 bridgehead atoms.